The van der Waals surface area contributed by atoms with Gasteiger partial charge in [-0.15, -0.1) is 0 Å². The Hall–Kier alpha value is -0.620. The van der Waals surface area contributed by atoms with Crippen molar-refractivity contribution >= 4 is 16.0 Å². The first-order chi connectivity index (χ1) is 7.08. The Labute approximate surface area is 97.5 Å². The summed E-state index contributed by atoms with van der Waals surface area (Å²) < 4.78 is 24.9. The quantitative estimate of drug-likeness (QED) is 0.768. The van der Waals surface area contributed by atoms with Gasteiger partial charge in [0.05, 0.1) is 5.75 Å². The minimum absolute atomic E-state index is 0.0344. The Kier molecular flexibility index (Phi) is 5.41. The van der Waals surface area contributed by atoms with E-state index in [1.807, 2.05) is 27.7 Å². The topological polar surface area (TPSA) is 74.7 Å². The molecule has 0 aromatic rings. The molecule has 0 bridgehead atoms. The second kappa shape index (κ2) is 5.63. The SMILES string of the molecule is CCCN(CC(=O)O)S(=O)(=O)CC(C)(C)C. The van der Waals surface area contributed by atoms with Gasteiger partial charge in [-0.1, -0.05) is 27.7 Å². The van der Waals surface area contributed by atoms with Crippen LogP contribution in [0.25, 0.3) is 0 Å². The van der Waals surface area contributed by atoms with Gasteiger partial charge in [0.1, 0.15) is 6.54 Å². The molecule has 0 rings (SSSR count). The Bertz CT molecular complexity index is 329. The zero-order valence-corrected chi connectivity index (χ0v) is 11.2. The first-order valence-corrected chi connectivity index (χ1v) is 6.89. The average Bonchev–Trinajstić information content (AvgIpc) is 1.97. The van der Waals surface area contributed by atoms with Crippen molar-refractivity contribution in [1.29, 1.82) is 0 Å². The van der Waals surface area contributed by atoms with Crippen molar-refractivity contribution in [2.24, 2.45) is 5.41 Å². The highest BCUT2D eigenvalue weighted by molar-refractivity contribution is 7.89. The molecule has 0 radical (unpaired) electrons. The Morgan fingerprint density at radius 3 is 2.12 bits per heavy atom. The molecule has 0 aliphatic carbocycles. The summed E-state index contributed by atoms with van der Waals surface area (Å²) in [5.74, 6) is -1.15. The summed E-state index contributed by atoms with van der Waals surface area (Å²) in [6.07, 6.45) is 0.608. The lowest BCUT2D eigenvalue weighted by Gasteiger charge is -2.25. The van der Waals surface area contributed by atoms with Gasteiger partial charge in [-0.25, -0.2) is 8.42 Å². The van der Waals surface area contributed by atoms with E-state index in [9.17, 15) is 13.2 Å². The smallest absolute Gasteiger partial charge is 0.318 e. The lowest BCUT2D eigenvalue weighted by atomic mass is 10.0. The number of carboxylic acids is 1. The van der Waals surface area contributed by atoms with E-state index in [0.29, 0.717) is 6.42 Å². The van der Waals surface area contributed by atoms with Crippen LogP contribution in [0.4, 0.5) is 0 Å². The van der Waals surface area contributed by atoms with Gasteiger partial charge in [0, 0.05) is 6.54 Å². The molecule has 0 saturated carbocycles. The summed E-state index contributed by atoms with van der Waals surface area (Å²) in [4.78, 5) is 10.6. The van der Waals surface area contributed by atoms with Crippen LogP contribution < -0.4 is 0 Å². The largest absolute Gasteiger partial charge is 0.480 e. The number of rotatable bonds is 6. The fourth-order valence-corrected chi connectivity index (χ4v) is 3.40. The van der Waals surface area contributed by atoms with E-state index in [2.05, 4.69) is 0 Å². The van der Waals surface area contributed by atoms with Crippen molar-refractivity contribution in [3.63, 3.8) is 0 Å². The van der Waals surface area contributed by atoms with Gasteiger partial charge in [0.2, 0.25) is 10.0 Å². The second-order valence-corrected chi connectivity index (χ2v) is 7.01. The van der Waals surface area contributed by atoms with Crippen molar-refractivity contribution in [3.8, 4) is 0 Å². The number of hydrogen-bond acceptors (Lipinski definition) is 3. The van der Waals surface area contributed by atoms with Gasteiger partial charge in [-0.3, -0.25) is 4.79 Å². The van der Waals surface area contributed by atoms with E-state index in [4.69, 9.17) is 5.11 Å². The minimum atomic E-state index is -3.48. The molecular weight excluding hydrogens is 230 g/mol. The summed E-state index contributed by atoms with van der Waals surface area (Å²) in [6, 6.07) is 0. The fourth-order valence-electron chi connectivity index (χ4n) is 1.36. The first-order valence-electron chi connectivity index (χ1n) is 5.28. The van der Waals surface area contributed by atoms with Crippen LogP contribution in [0, 0.1) is 5.41 Å². The van der Waals surface area contributed by atoms with Crippen LogP contribution in [0.2, 0.25) is 0 Å². The molecule has 0 aliphatic rings. The molecule has 5 nitrogen and oxygen atoms in total. The van der Waals surface area contributed by atoms with E-state index >= 15 is 0 Å². The number of carbonyl (C=O) groups is 1. The van der Waals surface area contributed by atoms with Crippen LogP contribution in [-0.2, 0) is 14.8 Å². The highest BCUT2D eigenvalue weighted by Crippen LogP contribution is 2.18. The first kappa shape index (κ1) is 15.4. The third-order valence-corrected chi connectivity index (χ3v) is 4.12. The van der Waals surface area contributed by atoms with Crippen molar-refractivity contribution in [1.82, 2.24) is 4.31 Å². The van der Waals surface area contributed by atoms with Crippen molar-refractivity contribution in [3.05, 3.63) is 0 Å². The van der Waals surface area contributed by atoms with Gasteiger partial charge < -0.3 is 5.11 Å². The highest BCUT2D eigenvalue weighted by Gasteiger charge is 2.28. The molecule has 0 fully saturated rings. The number of aliphatic carboxylic acids is 1. The Balaban J connectivity index is 4.83. The van der Waals surface area contributed by atoms with E-state index < -0.39 is 22.5 Å². The molecule has 96 valence electrons. The monoisotopic (exact) mass is 251 g/mol. The zero-order valence-electron chi connectivity index (χ0n) is 10.4. The number of carboxylic acid groups (broad SMARTS) is 1. The maximum Gasteiger partial charge on any atom is 0.318 e. The Morgan fingerprint density at radius 1 is 1.31 bits per heavy atom. The Morgan fingerprint density at radius 2 is 1.81 bits per heavy atom. The van der Waals surface area contributed by atoms with Gasteiger partial charge in [0.25, 0.3) is 0 Å². The molecule has 0 aromatic carbocycles. The van der Waals surface area contributed by atoms with Crippen LogP contribution in [0.1, 0.15) is 34.1 Å². The lowest BCUT2D eigenvalue weighted by molar-refractivity contribution is -0.137. The molecule has 0 atom stereocenters. The maximum atomic E-state index is 11.9. The molecule has 0 saturated heterocycles. The number of sulfonamides is 1. The van der Waals surface area contributed by atoms with Crippen LogP contribution in [0.5, 0.6) is 0 Å². The summed E-state index contributed by atoms with van der Waals surface area (Å²) in [6.45, 7) is 7.07. The highest BCUT2D eigenvalue weighted by atomic mass is 32.2. The van der Waals surface area contributed by atoms with Crippen LogP contribution in [-0.4, -0.2) is 42.6 Å². The van der Waals surface area contributed by atoms with Gasteiger partial charge in [-0.05, 0) is 11.8 Å². The van der Waals surface area contributed by atoms with Crippen LogP contribution in [0.15, 0.2) is 0 Å². The number of nitrogens with zero attached hydrogens (tertiary/aromatic N) is 1. The van der Waals surface area contributed by atoms with Gasteiger partial charge in [-0.2, -0.15) is 4.31 Å². The molecule has 16 heavy (non-hydrogen) atoms. The second-order valence-electron chi connectivity index (χ2n) is 5.04. The van der Waals surface area contributed by atoms with Gasteiger partial charge >= 0.3 is 5.97 Å². The molecule has 0 heterocycles. The standard InChI is InChI=1S/C10H21NO4S/c1-5-6-11(7-9(12)13)16(14,15)8-10(2,3)4/h5-8H2,1-4H3,(H,12,13). The third-order valence-electron chi connectivity index (χ3n) is 1.79. The predicted octanol–water partition coefficient (Wildman–Crippen LogP) is 1.16. The molecular formula is C10H21NO4S. The summed E-state index contributed by atoms with van der Waals surface area (Å²) in [5.41, 5.74) is -0.372. The van der Waals surface area contributed by atoms with Crippen molar-refractivity contribution in [2.45, 2.75) is 34.1 Å². The molecule has 1 N–H and O–H groups in total. The average molecular weight is 251 g/mol. The maximum absolute atomic E-state index is 11.9. The molecule has 6 heteroatoms. The van der Waals surface area contributed by atoms with E-state index in [1.54, 1.807) is 0 Å². The molecule has 0 unspecified atom stereocenters. The molecule has 0 aliphatic heterocycles. The van der Waals surface area contributed by atoms with Crippen molar-refractivity contribution < 1.29 is 18.3 Å². The van der Waals surface area contributed by atoms with Gasteiger partial charge in [0.15, 0.2) is 0 Å². The molecule has 0 amide bonds. The van der Waals surface area contributed by atoms with Crippen molar-refractivity contribution in [2.75, 3.05) is 18.8 Å². The van der Waals surface area contributed by atoms with E-state index in [1.165, 1.54) is 0 Å². The zero-order chi connectivity index (χ0) is 13.0. The van der Waals surface area contributed by atoms with E-state index in [-0.39, 0.29) is 17.7 Å². The van der Waals surface area contributed by atoms with Crippen LogP contribution >= 0.6 is 0 Å². The summed E-state index contributed by atoms with van der Waals surface area (Å²) in [5, 5.41) is 8.67. The predicted molar refractivity (Wildman–Crippen MR) is 62.7 cm³/mol. The summed E-state index contributed by atoms with van der Waals surface area (Å²) in [7, 11) is -3.48. The lowest BCUT2D eigenvalue weighted by Crippen LogP contribution is -2.40. The number of hydrogen-bond donors (Lipinski definition) is 1. The van der Waals surface area contributed by atoms with E-state index in [0.717, 1.165) is 4.31 Å². The molecule has 0 spiro atoms. The summed E-state index contributed by atoms with van der Waals surface area (Å²) >= 11 is 0. The van der Waals surface area contributed by atoms with Crippen LogP contribution in [0.3, 0.4) is 0 Å². The minimum Gasteiger partial charge on any atom is -0.480 e. The third kappa shape index (κ3) is 6.07. The molecule has 0 aromatic heterocycles. The fraction of sp³-hybridized carbons (Fsp3) is 0.900. The normalized spacial score (nSPS) is 13.1.